The molecule has 3 aliphatic heterocycles. The zero-order valence-electron chi connectivity index (χ0n) is 17.2. The summed E-state index contributed by atoms with van der Waals surface area (Å²) in [5.74, 6) is 0.158. The minimum atomic E-state index is -0.378. The summed E-state index contributed by atoms with van der Waals surface area (Å²) in [6.07, 6.45) is 3.57. The van der Waals surface area contributed by atoms with E-state index in [1.165, 1.54) is 19.4 Å². The van der Waals surface area contributed by atoms with Crippen molar-refractivity contribution in [1.82, 2.24) is 9.80 Å². The molecule has 3 heterocycles. The molecule has 6 heteroatoms. The van der Waals surface area contributed by atoms with Gasteiger partial charge in [0.1, 0.15) is 0 Å². The second-order valence-corrected chi connectivity index (χ2v) is 9.30. The predicted molar refractivity (Wildman–Crippen MR) is 107 cm³/mol. The number of benzene rings is 1. The molecule has 1 unspecified atom stereocenters. The third-order valence-corrected chi connectivity index (χ3v) is 6.94. The summed E-state index contributed by atoms with van der Waals surface area (Å²) >= 11 is 0. The molecule has 5 nitrogen and oxygen atoms in total. The van der Waals surface area contributed by atoms with Crippen LogP contribution in [0.5, 0.6) is 0 Å². The van der Waals surface area contributed by atoms with Crippen LogP contribution in [0.2, 0.25) is 0 Å². The Hall–Kier alpha value is -1.37. The highest BCUT2D eigenvalue weighted by Gasteiger charge is 2.51. The van der Waals surface area contributed by atoms with E-state index in [2.05, 4.69) is 45.7 Å². The van der Waals surface area contributed by atoms with E-state index in [0.29, 0.717) is 12.6 Å². The van der Waals surface area contributed by atoms with Crippen LogP contribution in [0, 0.1) is 0 Å². The Morgan fingerprint density at radius 3 is 2.52 bits per heavy atom. The molecule has 0 bridgehead atoms. The van der Waals surface area contributed by atoms with Gasteiger partial charge in [-0.3, -0.25) is 4.79 Å². The summed E-state index contributed by atoms with van der Waals surface area (Å²) < 4.78 is 12.3. The first-order valence-electron chi connectivity index (χ1n) is 10.2. The van der Waals surface area contributed by atoms with Crippen molar-refractivity contribution < 1.29 is 14.1 Å². The molecule has 0 radical (unpaired) electrons. The molecule has 0 spiro atoms. The van der Waals surface area contributed by atoms with Crippen LogP contribution in [0.4, 0.5) is 0 Å². The second-order valence-electron chi connectivity index (χ2n) is 9.30. The maximum atomic E-state index is 12.8. The molecular weight excluding hydrogens is 339 g/mol. The van der Waals surface area contributed by atoms with E-state index >= 15 is 0 Å². The van der Waals surface area contributed by atoms with Crippen molar-refractivity contribution in [2.24, 2.45) is 0 Å². The number of carbonyl (C=O) groups excluding carboxylic acids is 1. The van der Waals surface area contributed by atoms with Crippen LogP contribution < -0.4 is 5.46 Å². The minimum absolute atomic E-state index is 0.158. The van der Waals surface area contributed by atoms with Crippen molar-refractivity contribution in [3.63, 3.8) is 0 Å². The Kier molecular flexibility index (Phi) is 4.64. The minimum Gasteiger partial charge on any atom is -0.399 e. The van der Waals surface area contributed by atoms with Crippen LogP contribution in [0.15, 0.2) is 18.2 Å². The second kappa shape index (κ2) is 6.61. The lowest BCUT2D eigenvalue weighted by Gasteiger charge is -2.32. The Morgan fingerprint density at radius 2 is 1.89 bits per heavy atom. The molecule has 4 rings (SSSR count). The van der Waals surface area contributed by atoms with Crippen LogP contribution >= 0.6 is 0 Å². The number of likely N-dealkylation sites (tertiary alicyclic amines) is 1. The fourth-order valence-corrected chi connectivity index (χ4v) is 4.36. The molecule has 2 fully saturated rings. The molecule has 3 aliphatic rings. The van der Waals surface area contributed by atoms with Crippen LogP contribution in [0.1, 0.15) is 62.9 Å². The van der Waals surface area contributed by atoms with Gasteiger partial charge in [-0.05, 0) is 77.6 Å². The highest BCUT2D eigenvalue weighted by atomic mass is 16.7. The van der Waals surface area contributed by atoms with Crippen molar-refractivity contribution in [2.75, 3.05) is 20.1 Å². The Morgan fingerprint density at radius 1 is 1.19 bits per heavy atom. The zero-order chi connectivity index (χ0) is 19.4. The lowest BCUT2D eigenvalue weighted by atomic mass is 9.78. The zero-order valence-corrected chi connectivity index (χ0v) is 17.2. The largest absolute Gasteiger partial charge is 0.494 e. The SMILES string of the molecule is CN1CCCC1CCN1Cc2cc(B3OC(C)(C)C(C)(C)O3)ccc2C1=O. The number of amides is 1. The Bertz CT molecular complexity index is 733. The monoisotopic (exact) mass is 370 g/mol. The molecule has 0 saturated carbocycles. The number of hydrogen-bond acceptors (Lipinski definition) is 4. The normalized spacial score (nSPS) is 26.9. The van der Waals surface area contributed by atoms with Gasteiger partial charge < -0.3 is 19.1 Å². The molecule has 1 aromatic rings. The van der Waals surface area contributed by atoms with Crippen LogP contribution in [0.25, 0.3) is 0 Å². The fraction of sp³-hybridized carbons (Fsp3) is 0.667. The van der Waals surface area contributed by atoms with Gasteiger partial charge in [0.05, 0.1) is 11.2 Å². The standard InChI is InChI=1S/C21H31BN2O3/c1-20(2)21(3,4)27-22(26-20)16-8-9-18-15(13-16)14-24(19(18)25)12-10-17-7-6-11-23(17)5/h8-9,13,17H,6-7,10-12,14H2,1-5H3. The van der Waals surface area contributed by atoms with E-state index in [-0.39, 0.29) is 24.2 Å². The summed E-state index contributed by atoms with van der Waals surface area (Å²) in [5.41, 5.74) is 2.21. The molecule has 0 N–H and O–H groups in total. The molecule has 146 valence electrons. The molecule has 0 aromatic heterocycles. The summed E-state index contributed by atoms with van der Waals surface area (Å²) in [4.78, 5) is 17.2. The van der Waals surface area contributed by atoms with Crippen molar-refractivity contribution in [2.45, 2.75) is 70.7 Å². The van der Waals surface area contributed by atoms with Gasteiger partial charge in [-0.25, -0.2) is 0 Å². The van der Waals surface area contributed by atoms with Gasteiger partial charge in [-0.1, -0.05) is 12.1 Å². The van der Waals surface area contributed by atoms with Crippen LogP contribution in [-0.2, 0) is 15.9 Å². The first kappa shape index (κ1) is 19.0. The maximum Gasteiger partial charge on any atom is 0.494 e. The quantitative estimate of drug-likeness (QED) is 0.764. The molecule has 1 amide bonds. The average Bonchev–Trinajstić information content (AvgIpc) is 3.20. The van der Waals surface area contributed by atoms with E-state index in [9.17, 15) is 4.79 Å². The first-order chi connectivity index (χ1) is 12.7. The number of nitrogens with zero attached hydrogens (tertiary/aromatic N) is 2. The molecule has 1 atom stereocenters. The third-order valence-electron chi connectivity index (χ3n) is 6.94. The highest BCUT2D eigenvalue weighted by molar-refractivity contribution is 6.62. The smallest absolute Gasteiger partial charge is 0.399 e. The number of carbonyl (C=O) groups is 1. The van der Waals surface area contributed by atoms with E-state index in [1.807, 2.05) is 17.0 Å². The lowest BCUT2D eigenvalue weighted by Crippen LogP contribution is -2.41. The Balaban J connectivity index is 1.45. The van der Waals surface area contributed by atoms with E-state index in [1.54, 1.807) is 0 Å². The van der Waals surface area contributed by atoms with Gasteiger partial charge in [0.25, 0.3) is 5.91 Å². The maximum absolute atomic E-state index is 12.8. The Labute approximate surface area is 163 Å². The van der Waals surface area contributed by atoms with Crippen molar-refractivity contribution in [1.29, 1.82) is 0 Å². The predicted octanol–water partition coefficient (Wildman–Crippen LogP) is 2.43. The van der Waals surface area contributed by atoms with E-state index < -0.39 is 0 Å². The van der Waals surface area contributed by atoms with Gasteiger partial charge >= 0.3 is 7.12 Å². The average molecular weight is 370 g/mol. The number of rotatable bonds is 4. The topological polar surface area (TPSA) is 42.0 Å². The molecule has 27 heavy (non-hydrogen) atoms. The number of hydrogen-bond donors (Lipinski definition) is 0. The first-order valence-corrected chi connectivity index (χ1v) is 10.2. The van der Waals surface area contributed by atoms with E-state index in [0.717, 1.165) is 29.6 Å². The third kappa shape index (κ3) is 3.32. The number of fused-ring (bicyclic) bond motifs is 1. The summed E-state index contributed by atoms with van der Waals surface area (Å²) in [5, 5.41) is 0. The van der Waals surface area contributed by atoms with E-state index in [4.69, 9.17) is 9.31 Å². The fourth-order valence-electron chi connectivity index (χ4n) is 4.36. The highest BCUT2D eigenvalue weighted by Crippen LogP contribution is 2.36. The van der Waals surface area contributed by atoms with Gasteiger partial charge in [-0.2, -0.15) is 0 Å². The summed E-state index contributed by atoms with van der Waals surface area (Å²) in [6.45, 7) is 10.9. The van der Waals surface area contributed by atoms with Crippen molar-refractivity contribution >= 4 is 18.5 Å². The van der Waals surface area contributed by atoms with Crippen molar-refractivity contribution in [3.05, 3.63) is 29.3 Å². The summed E-state index contributed by atoms with van der Waals surface area (Å²) in [6, 6.07) is 6.63. The van der Waals surface area contributed by atoms with Crippen LogP contribution in [-0.4, -0.2) is 60.2 Å². The molecule has 2 saturated heterocycles. The molecular formula is C21H31BN2O3. The van der Waals surface area contributed by atoms with Gasteiger partial charge in [0.2, 0.25) is 0 Å². The van der Waals surface area contributed by atoms with Gasteiger partial charge in [0.15, 0.2) is 0 Å². The molecule has 0 aliphatic carbocycles. The van der Waals surface area contributed by atoms with Gasteiger partial charge in [0, 0.05) is 24.7 Å². The lowest BCUT2D eigenvalue weighted by molar-refractivity contribution is 0.00578. The summed E-state index contributed by atoms with van der Waals surface area (Å²) in [7, 11) is 1.81. The van der Waals surface area contributed by atoms with Gasteiger partial charge in [-0.15, -0.1) is 0 Å². The molecule has 1 aromatic carbocycles. The van der Waals surface area contributed by atoms with Crippen molar-refractivity contribution in [3.8, 4) is 0 Å². The van der Waals surface area contributed by atoms with Crippen LogP contribution in [0.3, 0.4) is 0 Å².